The molecule has 34 heavy (non-hydrogen) atoms. The largest absolute Gasteiger partial charge is 0.326 e. The zero-order valence-electron chi connectivity index (χ0n) is 22.3. The van der Waals surface area contributed by atoms with Gasteiger partial charge < -0.3 is 16.8 Å². The van der Waals surface area contributed by atoms with Crippen LogP contribution in [0.1, 0.15) is 85.5 Å². The molecule has 6 bridgehead atoms. The minimum Gasteiger partial charge on any atom is -0.326 e. The molecule has 7 rings (SSSR count). The second-order valence-corrected chi connectivity index (χ2v) is 13.9. The number of hydrogen-bond donors (Lipinski definition) is 3. The standard InChI is InChI=1S/C28H52N6/c1-17(2)33-16-28(8-7-26(33)24(30)13-28)12-19(4)34-25-5-6-27(34)23(29)10-20(25)9-18(3)32-15-21-11-22(32)14-31-21/h17-27,31H,5-16,29-30H2,1-4H3. The molecule has 0 spiro atoms. The number of rotatable bonds is 7. The lowest BCUT2D eigenvalue weighted by Crippen LogP contribution is -2.66. The van der Waals surface area contributed by atoms with Crippen molar-refractivity contribution >= 4 is 0 Å². The molecule has 6 heteroatoms. The lowest BCUT2D eigenvalue weighted by molar-refractivity contribution is -0.0743. The van der Waals surface area contributed by atoms with Gasteiger partial charge in [-0.3, -0.25) is 14.7 Å². The summed E-state index contributed by atoms with van der Waals surface area (Å²) >= 11 is 0. The molecule has 6 heterocycles. The van der Waals surface area contributed by atoms with Crippen LogP contribution in [0.5, 0.6) is 0 Å². The number of piperazine rings is 1. The smallest absolute Gasteiger partial charge is 0.0253 e. The molecule has 1 aliphatic carbocycles. The number of nitrogens with two attached hydrogens (primary N) is 2. The van der Waals surface area contributed by atoms with E-state index in [9.17, 15) is 0 Å². The molecular weight excluding hydrogens is 420 g/mol. The topological polar surface area (TPSA) is 73.8 Å². The van der Waals surface area contributed by atoms with Gasteiger partial charge in [0.1, 0.15) is 0 Å². The third-order valence-electron chi connectivity index (χ3n) is 11.4. The van der Waals surface area contributed by atoms with E-state index in [2.05, 4.69) is 47.7 Å². The first-order valence-electron chi connectivity index (χ1n) is 14.8. The summed E-state index contributed by atoms with van der Waals surface area (Å²) in [6.07, 6.45) is 11.8. The molecule has 0 amide bonds. The van der Waals surface area contributed by atoms with Crippen LogP contribution in [-0.2, 0) is 0 Å². The Hall–Kier alpha value is -0.240. The van der Waals surface area contributed by atoms with Crippen molar-refractivity contribution in [3.63, 3.8) is 0 Å². The predicted octanol–water partition coefficient (Wildman–Crippen LogP) is 2.36. The van der Waals surface area contributed by atoms with Crippen molar-refractivity contribution in [3.8, 4) is 0 Å². The van der Waals surface area contributed by atoms with Crippen LogP contribution in [0.4, 0.5) is 0 Å². The van der Waals surface area contributed by atoms with Gasteiger partial charge in [0, 0.05) is 80.1 Å². The van der Waals surface area contributed by atoms with Crippen LogP contribution in [0.2, 0.25) is 0 Å². The lowest BCUT2D eigenvalue weighted by Gasteiger charge is -2.59. The maximum Gasteiger partial charge on any atom is 0.0253 e. The van der Waals surface area contributed by atoms with Gasteiger partial charge in [0.25, 0.3) is 0 Å². The Kier molecular flexibility index (Phi) is 6.35. The van der Waals surface area contributed by atoms with Gasteiger partial charge in [0.2, 0.25) is 0 Å². The van der Waals surface area contributed by atoms with Crippen molar-refractivity contribution in [2.24, 2.45) is 22.8 Å². The molecule has 11 unspecified atom stereocenters. The first-order valence-corrected chi connectivity index (χ1v) is 14.8. The first kappa shape index (κ1) is 24.1. The van der Waals surface area contributed by atoms with Crippen LogP contribution in [-0.4, -0.2) is 94.8 Å². The highest BCUT2D eigenvalue weighted by molar-refractivity contribution is 5.09. The summed E-state index contributed by atoms with van der Waals surface area (Å²) in [5.41, 5.74) is 14.1. The third kappa shape index (κ3) is 3.99. The van der Waals surface area contributed by atoms with Gasteiger partial charge in [0.05, 0.1) is 0 Å². The fourth-order valence-electron chi connectivity index (χ4n) is 10.1. The molecular formula is C28H52N6. The monoisotopic (exact) mass is 472 g/mol. The van der Waals surface area contributed by atoms with Crippen molar-refractivity contribution in [2.45, 2.75) is 146 Å². The molecule has 0 aromatic carbocycles. The summed E-state index contributed by atoms with van der Waals surface area (Å²) < 4.78 is 0. The normalized spacial score (nSPS) is 48.8. The molecule has 11 atom stereocenters. The van der Waals surface area contributed by atoms with Gasteiger partial charge in [-0.25, -0.2) is 0 Å². The number of hydrogen-bond acceptors (Lipinski definition) is 6. The Labute approximate surface area is 208 Å². The number of fused-ring (bicyclic) bond motifs is 7. The van der Waals surface area contributed by atoms with Gasteiger partial charge in [-0.15, -0.1) is 0 Å². The molecule has 0 aromatic heterocycles. The Balaban J connectivity index is 1.15. The maximum absolute atomic E-state index is 6.92. The molecule has 0 aromatic rings. The SMILES string of the molecule is CC(C)N1CC2(CC(C)N3C4CCC3C(CC(C)N3CC5CC3CN5)CC4N)CCC1C(N)C2. The van der Waals surface area contributed by atoms with Crippen LogP contribution < -0.4 is 16.8 Å². The average molecular weight is 473 g/mol. The molecule has 0 radical (unpaired) electrons. The third-order valence-corrected chi connectivity index (χ3v) is 11.4. The summed E-state index contributed by atoms with van der Waals surface area (Å²) in [4.78, 5) is 8.51. The molecule has 6 saturated heterocycles. The van der Waals surface area contributed by atoms with E-state index in [0.717, 1.165) is 24.0 Å². The quantitative estimate of drug-likeness (QED) is 0.528. The average Bonchev–Trinajstić information content (AvgIpc) is 3.51. The molecule has 7 fully saturated rings. The predicted molar refractivity (Wildman–Crippen MR) is 140 cm³/mol. The fraction of sp³-hybridized carbons (Fsp3) is 1.00. The zero-order valence-corrected chi connectivity index (χ0v) is 22.3. The van der Waals surface area contributed by atoms with E-state index in [0.29, 0.717) is 47.7 Å². The van der Waals surface area contributed by atoms with E-state index in [1.807, 2.05) is 0 Å². The minimum absolute atomic E-state index is 0.351. The van der Waals surface area contributed by atoms with Crippen LogP contribution in [0.15, 0.2) is 0 Å². The summed E-state index contributed by atoms with van der Waals surface area (Å²) in [5.74, 6) is 0.757. The summed E-state index contributed by atoms with van der Waals surface area (Å²) in [7, 11) is 0. The van der Waals surface area contributed by atoms with E-state index in [-0.39, 0.29) is 0 Å². The van der Waals surface area contributed by atoms with Crippen LogP contribution in [0.25, 0.3) is 0 Å². The van der Waals surface area contributed by atoms with E-state index in [1.165, 1.54) is 77.4 Å². The van der Waals surface area contributed by atoms with Gasteiger partial charge in [-0.05, 0) is 96.8 Å². The van der Waals surface area contributed by atoms with Crippen molar-refractivity contribution in [1.82, 2.24) is 20.0 Å². The van der Waals surface area contributed by atoms with E-state index < -0.39 is 0 Å². The van der Waals surface area contributed by atoms with Gasteiger partial charge in [-0.2, -0.15) is 0 Å². The second-order valence-electron chi connectivity index (χ2n) is 13.9. The summed E-state index contributed by atoms with van der Waals surface area (Å²) in [6.45, 7) is 13.5. The Morgan fingerprint density at radius 1 is 0.912 bits per heavy atom. The number of likely N-dealkylation sites (tertiary alicyclic amines) is 1. The van der Waals surface area contributed by atoms with Crippen molar-refractivity contribution in [2.75, 3.05) is 19.6 Å². The highest BCUT2D eigenvalue weighted by Crippen LogP contribution is 2.50. The summed E-state index contributed by atoms with van der Waals surface area (Å²) in [5, 5.41) is 3.68. The molecule has 194 valence electrons. The number of nitrogens with one attached hydrogen (secondary N) is 1. The number of nitrogens with zero attached hydrogens (tertiary/aromatic N) is 3. The van der Waals surface area contributed by atoms with E-state index in [1.54, 1.807) is 0 Å². The molecule has 7 aliphatic rings. The molecule has 5 N–H and O–H groups in total. The second kappa shape index (κ2) is 8.95. The van der Waals surface area contributed by atoms with Crippen LogP contribution in [0.3, 0.4) is 0 Å². The van der Waals surface area contributed by atoms with Crippen molar-refractivity contribution < 1.29 is 0 Å². The Morgan fingerprint density at radius 2 is 1.71 bits per heavy atom. The van der Waals surface area contributed by atoms with Gasteiger partial charge in [0.15, 0.2) is 0 Å². The summed E-state index contributed by atoms with van der Waals surface area (Å²) in [6, 6.07) is 6.09. The molecule has 1 saturated carbocycles. The van der Waals surface area contributed by atoms with Gasteiger partial charge in [-0.1, -0.05) is 0 Å². The lowest BCUT2D eigenvalue weighted by atomic mass is 9.62. The minimum atomic E-state index is 0.351. The zero-order chi connectivity index (χ0) is 23.8. The Bertz CT molecular complexity index is 744. The Morgan fingerprint density at radius 3 is 2.38 bits per heavy atom. The van der Waals surface area contributed by atoms with E-state index in [4.69, 9.17) is 11.5 Å². The van der Waals surface area contributed by atoms with Gasteiger partial charge >= 0.3 is 0 Å². The highest BCUT2D eigenvalue weighted by atomic mass is 15.3. The molecule has 6 aliphatic heterocycles. The van der Waals surface area contributed by atoms with Crippen molar-refractivity contribution in [1.29, 1.82) is 0 Å². The highest BCUT2D eigenvalue weighted by Gasteiger charge is 2.53. The van der Waals surface area contributed by atoms with Crippen LogP contribution in [0, 0.1) is 11.3 Å². The first-order chi connectivity index (χ1) is 16.2. The maximum atomic E-state index is 6.92. The number of piperidine rings is 3. The van der Waals surface area contributed by atoms with E-state index >= 15 is 0 Å². The molecule has 6 nitrogen and oxygen atoms in total. The van der Waals surface area contributed by atoms with Crippen molar-refractivity contribution in [3.05, 3.63) is 0 Å². The van der Waals surface area contributed by atoms with Crippen LogP contribution >= 0.6 is 0 Å². The fourth-order valence-corrected chi connectivity index (χ4v) is 10.1.